The van der Waals surface area contributed by atoms with Crippen LogP contribution >= 0.6 is 0 Å². The Kier molecular flexibility index (Phi) is 7.70. The largest absolute Gasteiger partial charge is 0.493 e. The first-order valence-electron chi connectivity index (χ1n) is 10.3. The molecule has 1 aliphatic heterocycles. The molecule has 1 amide bonds. The first-order valence-corrected chi connectivity index (χ1v) is 11.7. The Bertz CT molecular complexity index is 1030. The summed E-state index contributed by atoms with van der Waals surface area (Å²) in [6, 6.07) is 11.2. The molecule has 0 saturated carbocycles. The molecule has 1 saturated heterocycles. The monoisotopic (exact) mass is 444 g/mol. The molecule has 8 heteroatoms. The van der Waals surface area contributed by atoms with Gasteiger partial charge in [-0.3, -0.25) is 4.79 Å². The van der Waals surface area contributed by atoms with Crippen LogP contribution in [-0.4, -0.2) is 45.4 Å². The Labute approximate surface area is 183 Å². The van der Waals surface area contributed by atoms with Gasteiger partial charge >= 0.3 is 0 Å². The summed E-state index contributed by atoms with van der Waals surface area (Å²) in [7, 11) is -2.10. The maximum atomic E-state index is 13.0. The van der Waals surface area contributed by atoms with E-state index in [1.165, 1.54) is 17.5 Å². The average molecular weight is 445 g/mol. The molecule has 1 aliphatic rings. The van der Waals surface area contributed by atoms with Gasteiger partial charge in [-0.2, -0.15) is 4.31 Å². The Balaban J connectivity index is 1.77. The highest BCUT2D eigenvalue weighted by Crippen LogP contribution is 2.29. The van der Waals surface area contributed by atoms with Gasteiger partial charge in [0, 0.05) is 24.3 Å². The second-order valence-electron chi connectivity index (χ2n) is 7.27. The van der Waals surface area contributed by atoms with E-state index in [4.69, 9.17) is 9.47 Å². The lowest BCUT2D eigenvalue weighted by atomic mass is 10.2. The van der Waals surface area contributed by atoms with Crippen LogP contribution in [0.3, 0.4) is 0 Å². The lowest BCUT2D eigenvalue weighted by Gasteiger charge is -2.20. The van der Waals surface area contributed by atoms with E-state index in [1.54, 1.807) is 42.5 Å². The van der Waals surface area contributed by atoms with Gasteiger partial charge in [0.2, 0.25) is 10.0 Å². The molecule has 0 radical (unpaired) electrons. The maximum Gasteiger partial charge on any atom is 0.255 e. The third kappa shape index (κ3) is 5.65. The van der Waals surface area contributed by atoms with Crippen molar-refractivity contribution < 1.29 is 22.7 Å². The molecule has 0 spiro atoms. The summed E-state index contributed by atoms with van der Waals surface area (Å²) in [4.78, 5) is 12.9. The van der Waals surface area contributed by atoms with Gasteiger partial charge < -0.3 is 14.8 Å². The van der Waals surface area contributed by atoms with E-state index in [-0.39, 0.29) is 10.8 Å². The van der Waals surface area contributed by atoms with E-state index >= 15 is 0 Å². The van der Waals surface area contributed by atoms with Crippen molar-refractivity contribution in [3.05, 3.63) is 60.7 Å². The number of sulfonamides is 1. The lowest BCUT2D eigenvalue weighted by molar-refractivity contribution is 0.102. The highest BCUT2D eigenvalue weighted by atomic mass is 32.2. The second-order valence-corrected chi connectivity index (χ2v) is 9.20. The summed E-state index contributed by atoms with van der Waals surface area (Å²) in [6.07, 6.45) is 5.44. The Morgan fingerprint density at radius 2 is 1.84 bits per heavy atom. The number of amides is 1. The summed E-state index contributed by atoms with van der Waals surface area (Å²) >= 11 is 0. The summed E-state index contributed by atoms with van der Waals surface area (Å²) < 4.78 is 38.4. The number of carbonyl (C=O) groups is 1. The number of anilines is 1. The van der Waals surface area contributed by atoms with Gasteiger partial charge in [0.15, 0.2) is 11.5 Å². The molecule has 1 fully saturated rings. The fraction of sp³-hybridized carbons (Fsp3) is 0.348. The van der Waals surface area contributed by atoms with Crippen molar-refractivity contribution in [3.8, 4) is 11.5 Å². The number of nitrogens with zero attached hydrogens (tertiary/aromatic N) is 1. The average Bonchev–Trinajstić information content (AvgIpc) is 3.08. The van der Waals surface area contributed by atoms with Crippen LogP contribution in [0.15, 0.2) is 60.0 Å². The zero-order valence-electron chi connectivity index (χ0n) is 17.7. The summed E-state index contributed by atoms with van der Waals surface area (Å²) in [5.41, 5.74) is 0.774. The molecule has 0 aromatic heterocycles. The highest BCUT2D eigenvalue weighted by Gasteiger charge is 2.25. The molecule has 0 unspecified atom stereocenters. The van der Waals surface area contributed by atoms with E-state index in [2.05, 4.69) is 11.9 Å². The van der Waals surface area contributed by atoms with Crippen molar-refractivity contribution >= 4 is 21.6 Å². The molecule has 7 nitrogen and oxygen atoms in total. The van der Waals surface area contributed by atoms with Crippen molar-refractivity contribution in [3.63, 3.8) is 0 Å². The minimum atomic E-state index is -3.60. The standard InChI is InChI=1S/C23H28N2O5S/c1-3-15-30-21-12-11-18(16-22(21)29-2)23(26)24-19-9-8-10-20(17-19)31(27,28)25-13-6-4-5-7-14-25/h3,8-12,16-17H,1,4-7,13-15H2,2H3,(H,24,26). The number of rotatable bonds is 8. The topological polar surface area (TPSA) is 84.9 Å². The second kappa shape index (κ2) is 10.5. The zero-order chi connectivity index (χ0) is 22.3. The van der Waals surface area contributed by atoms with Crippen LogP contribution < -0.4 is 14.8 Å². The first kappa shape index (κ1) is 22.8. The molecular weight excluding hydrogens is 416 g/mol. The molecule has 166 valence electrons. The van der Waals surface area contributed by atoms with Gasteiger partial charge in [-0.25, -0.2) is 8.42 Å². The van der Waals surface area contributed by atoms with E-state index in [0.717, 1.165) is 25.7 Å². The van der Waals surface area contributed by atoms with Crippen molar-refractivity contribution in [2.75, 3.05) is 32.1 Å². The van der Waals surface area contributed by atoms with Gasteiger partial charge in [-0.15, -0.1) is 0 Å². The fourth-order valence-electron chi connectivity index (χ4n) is 3.45. The number of hydrogen-bond acceptors (Lipinski definition) is 5. The molecular formula is C23H28N2O5S. The van der Waals surface area contributed by atoms with Gasteiger partial charge in [0.1, 0.15) is 6.61 Å². The molecule has 0 atom stereocenters. The number of hydrogen-bond donors (Lipinski definition) is 1. The molecule has 0 bridgehead atoms. The SMILES string of the molecule is C=CCOc1ccc(C(=O)Nc2cccc(S(=O)(=O)N3CCCCCC3)c2)cc1OC. The van der Waals surface area contributed by atoms with Crippen LogP contribution in [0.4, 0.5) is 5.69 Å². The Morgan fingerprint density at radius 3 is 2.52 bits per heavy atom. The predicted molar refractivity (Wildman–Crippen MR) is 120 cm³/mol. The van der Waals surface area contributed by atoms with Crippen LogP contribution in [-0.2, 0) is 10.0 Å². The molecule has 31 heavy (non-hydrogen) atoms. The molecule has 2 aromatic carbocycles. The summed E-state index contributed by atoms with van der Waals surface area (Å²) in [5, 5.41) is 2.77. The van der Waals surface area contributed by atoms with Gasteiger partial charge in [-0.05, 0) is 49.2 Å². The fourth-order valence-corrected chi connectivity index (χ4v) is 5.01. The van der Waals surface area contributed by atoms with Gasteiger partial charge in [-0.1, -0.05) is 31.6 Å². The minimum Gasteiger partial charge on any atom is -0.493 e. The van der Waals surface area contributed by atoms with Gasteiger partial charge in [0.05, 0.1) is 12.0 Å². The van der Waals surface area contributed by atoms with Crippen molar-refractivity contribution in [2.24, 2.45) is 0 Å². The van der Waals surface area contributed by atoms with Gasteiger partial charge in [0.25, 0.3) is 5.91 Å². The number of carbonyl (C=O) groups excluding carboxylic acids is 1. The minimum absolute atomic E-state index is 0.179. The quantitative estimate of drug-likeness (QED) is 0.620. The third-order valence-corrected chi connectivity index (χ3v) is 6.97. The van der Waals surface area contributed by atoms with E-state index in [9.17, 15) is 13.2 Å². The van der Waals surface area contributed by atoms with Crippen molar-refractivity contribution in [2.45, 2.75) is 30.6 Å². The molecule has 1 heterocycles. The van der Waals surface area contributed by atoms with Crippen molar-refractivity contribution in [1.82, 2.24) is 4.31 Å². The van der Waals surface area contributed by atoms with Crippen LogP contribution in [0, 0.1) is 0 Å². The van der Waals surface area contributed by atoms with E-state index in [1.807, 2.05) is 0 Å². The molecule has 2 aromatic rings. The maximum absolute atomic E-state index is 13.0. The lowest BCUT2D eigenvalue weighted by Crippen LogP contribution is -2.32. The number of benzene rings is 2. The number of nitrogens with one attached hydrogen (secondary N) is 1. The number of ether oxygens (including phenoxy) is 2. The smallest absolute Gasteiger partial charge is 0.255 e. The number of methoxy groups -OCH3 is 1. The van der Waals surface area contributed by atoms with Crippen molar-refractivity contribution in [1.29, 1.82) is 0 Å². The zero-order valence-corrected chi connectivity index (χ0v) is 18.5. The molecule has 0 aliphatic carbocycles. The normalized spacial score (nSPS) is 15.0. The Hall–Kier alpha value is -2.84. The Morgan fingerprint density at radius 1 is 1.10 bits per heavy atom. The molecule has 1 N–H and O–H groups in total. The van der Waals surface area contributed by atoms with Crippen LogP contribution in [0.25, 0.3) is 0 Å². The summed E-state index contributed by atoms with van der Waals surface area (Å²) in [6.45, 7) is 4.98. The van der Waals surface area contributed by atoms with E-state index < -0.39 is 10.0 Å². The van der Waals surface area contributed by atoms with Crippen LogP contribution in [0.2, 0.25) is 0 Å². The third-order valence-electron chi connectivity index (χ3n) is 5.08. The van der Waals surface area contributed by atoms with Crippen LogP contribution in [0.5, 0.6) is 11.5 Å². The molecule has 3 rings (SSSR count). The van der Waals surface area contributed by atoms with Crippen LogP contribution in [0.1, 0.15) is 36.0 Å². The predicted octanol–water partition coefficient (Wildman–Crippen LogP) is 4.08. The summed E-state index contributed by atoms with van der Waals surface area (Å²) in [5.74, 6) is 0.550. The highest BCUT2D eigenvalue weighted by molar-refractivity contribution is 7.89. The van der Waals surface area contributed by atoms with E-state index in [0.29, 0.717) is 42.4 Å². The first-order chi connectivity index (χ1) is 15.0.